The lowest BCUT2D eigenvalue weighted by atomic mass is 10.0. The topological polar surface area (TPSA) is 113 Å². The molecule has 280 valence electrons. The van der Waals surface area contributed by atoms with Gasteiger partial charge in [-0.3, -0.25) is 4.57 Å². The highest BCUT2D eigenvalue weighted by molar-refractivity contribution is 7.61. The molecule has 1 unspecified atom stereocenters. The number of ether oxygens (including phenoxy) is 2. The van der Waals surface area contributed by atoms with E-state index in [-0.39, 0.29) is 33.5 Å². The van der Waals surface area contributed by atoms with Crippen LogP contribution in [-0.2, 0) is 21.5 Å². The molecule has 13 heteroatoms. The first-order valence-electron chi connectivity index (χ1n) is 16.4. The fourth-order valence-electron chi connectivity index (χ4n) is 5.47. The first kappa shape index (κ1) is 41.3. The summed E-state index contributed by atoms with van der Waals surface area (Å²) in [5, 5.41) is 21.5. The molecular weight excluding hydrogens is 808 g/mol. The summed E-state index contributed by atoms with van der Waals surface area (Å²) in [4.78, 5) is 9.54. The van der Waals surface area contributed by atoms with Crippen LogP contribution in [0.3, 0.4) is 0 Å². The van der Waals surface area contributed by atoms with Crippen molar-refractivity contribution in [2.24, 2.45) is 0 Å². The van der Waals surface area contributed by atoms with Crippen LogP contribution in [0, 0.1) is 0 Å². The van der Waals surface area contributed by atoms with Crippen LogP contribution in [-0.4, -0.2) is 35.1 Å². The number of halogens is 4. The molecule has 0 aliphatic rings. The van der Waals surface area contributed by atoms with Crippen LogP contribution in [0.1, 0.15) is 11.1 Å². The van der Waals surface area contributed by atoms with Crippen LogP contribution in [0.2, 0.25) is 20.1 Å². The number of benzene rings is 6. The van der Waals surface area contributed by atoms with Gasteiger partial charge in [-0.15, -0.1) is 0 Å². The molecule has 0 spiro atoms. The van der Waals surface area contributed by atoms with Gasteiger partial charge in [0.1, 0.15) is 23.0 Å². The summed E-state index contributed by atoms with van der Waals surface area (Å²) in [5.41, 5.74) is 4.34. The fourth-order valence-corrected chi connectivity index (χ4v) is 8.61. The molecular formula is C41H36Cl4O7P2. The van der Waals surface area contributed by atoms with Crippen molar-refractivity contribution in [3.8, 4) is 56.8 Å². The Morgan fingerprint density at radius 2 is 0.870 bits per heavy atom. The van der Waals surface area contributed by atoms with Gasteiger partial charge in [-0.25, -0.2) is 0 Å². The van der Waals surface area contributed by atoms with E-state index < -0.39 is 14.5 Å². The molecule has 0 radical (unpaired) electrons. The van der Waals surface area contributed by atoms with Gasteiger partial charge >= 0.3 is 0 Å². The molecule has 0 fully saturated rings. The van der Waals surface area contributed by atoms with Crippen molar-refractivity contribution in [3.05, 3.63) is 153 Å². The maximum Gasteiger partial charge on any atom is 0.201 e. The van der Waals surface area contributed by atoms with E-state index in [1.807, 2.05) is 60.7 Å². The standard InChI is InChI=1S/C21H19Cl2O3P.C20H17Cl2O4P/c1-27(2,25)13-14-10-18(22)21(19(23)11-14)26-16-8-9-20(24)17(12-16)15-6-4-3-5-7-15;1-27(24,25)12-13-9-17(21)20(18(22)10-13)26-15-7-8-19(23)16(11-15)14-5-3-2-4-6-14/h3-12,24H,13H2,1-2H3;2-11,23H,12H2,1H3,(H,24,25). The molecule has 6 aromatic carbocycles. The monoisotopic (exact) mass is 842 g/mol. The highest BCUT2D eigenvalue weighted by Gasteiger charge is 2.18. The molecule has 0 amide bonds. The molecule has 0 aliphatic carbocycles. The molecule has 1 atom stereocenters. The smallest absolute Gasteiger partial charge is 0.201 e. The lowest BCUT2D eigenvalue weighted by molar-refractivity contribution is 0.466. The van der Waals surface area contributed by atoms with Crippen LogP contribution in [0.4, 0.5) is 0 Å². The summed E-state index contributed by atoms with van der Waals surface area (Å²) in [7, 11) is -5.48. The summed E-state index contributed by atoms with van der Waals surface area (Å²) < 4.78 is 35.4. The number of rotatable bonds is 10. The molecule has 0 aliphatic heterocycles. The van der Waals surface area contributed by atoms with Crippen LogP contribution in [0.15, 0.2) is 121 Å². The minimum Gasteiger partial charge on any atom is -0.507 e. The van der Waals surface area contributed by atoms with Crippen molar-refractivity contribution < 1.29 is 33.7 Å². The Kier molecular flexibility index (Phi) is 13.5. The first-order valence-corrected chi connectivity index (χ1v) is 23.0. The predicted octanol–water partition coefficient (Wildman–Crippen LogP) is 13.8. The Balaban J connectivity index is 0.000000208. The zero-order valence-corrected chi connectivity index (χ0v) is 34.2. The largest absolute Gasteiger partial charge is 0.507 e. The Morgan fingerprint density at radius 3 is 1.20 bits per heavy atom. The number of phenols is 2. The first-order chi connectivity index (χ1) is 25.5. The molecule has 0 bridgehead atoms. The second-order valence-electron chi connectivity index (χ2n) is 13.0. The van der Waals surface area contributed by atoms with Crippen LogP contribution < -0.4 is 9.47 Å². The predicted molar refractivity (Wildman–Crippen MR) is 223 cm³/mol. The zero-order valence-electron chi connectivity index (χ0n) is 29.3. The third-order valence-electron chi connectivity index (χ3n) is 7.70. The summed E-state index contributed by atoms with van der Waals surface area (Å²) in [6, 6.07) is 35.3. The van der Waals surface area contributed by atoms with Crippen LogP contribution >= 0.6 is 60.9 Å². The molecule has 7 nitrogen and oxygen atoms in total. The van der Waals surface area contributed by atoms with Crippen molar-refractivity contribution in [3.63, 3.8) is 0 Å². The van der Waals surface area contributed by atoms with Crippen LogP contribution in [0.5, 0.6) is 34.5 Å². The molecule has 6 aromatic rings. The Hall–Kier alpha value is -3.90. The summed E-state index contributed by atoms with van der Waals surface area (Å²) in [5.74, 6) is 1.81. The minimum atomic E-state index is -3.24. The van der Waals surface area contributed by atoms with Crippen LogP contribution in [0.25, 0.3) is 22.3 Å². The van der Waals surface area contributed by atoms with Gasteiger partial charge in [0.2, 0.25) is 7.37 Å². The molecule has 54 heavy (non-hydrogen) atoms. The van der Waals surface area contributed by atoms with E-state index in [9.17, 15) is 24.2 Å². The van der Waals surface area contributed by atoms with Gasteiger partial charge in [-0.2, -0.15) is 0 Å². The molecule has 0 saturated heterocycles. The van der Waals surface area contributed by atoms with Crippen molar-refractivity contribution in [2.75, 3.05) is 20.0 Å². The molecule has 0 heterocycles. The van der Waals surface area contributed by atoms with Gasteiger partial charge in [-0.05, 0) is 96.2 Å². The number of hydrogen-bond acceptors (Lipinski definition) is 6. The fraction of sp³-hybridized carbons (Fsp3) is 0.122. The average Bonchev–Trinajstić information content (AvgIpc) is 3.09. The number of hydrogen-bond donors (Lipinski definition) is 3. The highest BCUT2D eigenvalue weighted by Crippen LogP contribution is 2.46. The summed E-state index contributed by atoms with van der Waals surface area (Å²) >= 11 is 25.2. The van der Waals surface area contributed by atoms with Crippen molar-refractivity contribution in [2.45, 2.75) is 12.3 Å². The highest BCUT2D eigenvalue weighted by atomic mass is 35.5. The third-order valence-corrected chi connectivity index (χ3v) is 10.9. The molecule has 0 saturated carbocycles. The molecule has 0 aromatic heterocycles. The number of aromatic hydroxyl groups is 2. The van der Waals surface area contributed by atoms with Crippen molar-refractivity contribution in [1.29, 1.82) is 0 Å². The van der Waals surface area contributed by atoms with E-state index in [2.05, 4.69) is 0 Å². The minimum absolute atomic E-state index is 0.0237. The number of phenolic OH excluding ortho intramolecular Hbond substituents is 2. The molecule has 3 N–H and O–H groups in total. The average molecular weight is 844 g/mol. The van der Waals surface area contributed by atoms with Crippen molar-refractivity contribution in [1.82, 2.24) is 0 Å². The lowest BCUT2D eigenvalue weighted by Gasteiger charge is -2.14. The summed E-state index contributed by atoms with van der Waals surface area (Å²) in [6.45, 7) is 4.72. The second-order valence-corrected chi connectivity index (χ2v) is 20.5. The zero-order chi connectivity index (χ0) is 39.2. The quantitative estimate of drug-likeness (QED) is 0.118. The van der Waals surface area contributed by atoms with E-state index in [1.54, 1.807) is 67.9 Å². The maximum absolute atomic E-state index is 12.0. The SMILES string of the molecule is CP(=O)(O)Cc1cc(Cl)c(Oc2ccc(O)c(-c3ccccc3)c2)c(Cl)c1.CP(C)(=O)Cc1cc(Cl)c(Oc2ccc(O)c(-c3ccccc3)c2)c(Cl)c1. The van der Waals surface area contributed by atoms with E-state index in [0.717, 1.165) is 16.7 Å². The Morgan fingerprint density at radius 1 is 0.519 bits per heavy atom. The normalized spacial score (nSPS) is 12.3. The van der Waals surface area contributed by atoms with E-state index in [1.165, 1.54) is 12.7 Å². The van der Waals surface area contributed by atoms with Gasteiger partial charge in [0.25, 0.3) is 0 Å². The van der Waals surface area contributed by atoms with Gasteiger partial charge < -0.3 is 29.1 Å². The third kappa shape index (κ3) is 11.6. The van der Waals surface area contributed by atoms with E-state index in [0.29, 0.717) is 50.1 Å². The van der Waals surface area contributed by atoms with Gasteiger partial charge in [0.05, 0.1) is 27.2 Å². The summed E-state index contributed by atoms with van der Waals surface area (Å²) in [6.07, 6.45) is 0.397. The second kappa shape index (κ2) is 17.7. The Labute approximate surface area is 334 Å². The van der Waals surface area contributed by atoms with Crippen molar-refractivity contribution >= 4 is 60.9 Å². The lowest BCUT2D eigenvalue weighted by Crippen LogP contribution is -1.92. The van der Waals surface area contributed by atoms with Gasteiger partial charge in [0, 0.05) is 30.1 Å². The van der Waals surface area contributed by atoms with Gasteiger partial charge in [-0.1, -0.05) is 107 Å². The van der Waals surface area contributed by atoms with E-state index >= 15 is 0 Å². The maximum atomic E-state index is 12.0. The molecule has 6 rings (SSSR count). The van der Waals surface area contributed by atoms with E-state index in [4.69, 9.17) is 55.9 Å². The Bertz CT molecular complexity index is 2150. The van der Waals surface area contributed by atoms with Gasteiger partial charge in [0.15, 0.2) is 11.5 Å².